The number of alkyl halides is 3. The molecule has 0 radical (unpaired) electrons. The van der Waals surface area contributed by atoms with Crippen LogP contribution in [0.3, 0.4) is 0 Å². The Hall–Kier alpha value is -2.62. The average molecular weight is 324 g/mol. The van der Waals surface area contributed by atoms with Gasteiger partial charge in [0.05, 0.1) is 17.6 Å². The van der Waals surface area contributed by atoms with Crippen LogP contribution in [0, 0.1) is 25.1 Å². The van der Waals surface area contributed by atoms with Gasteiger partial charge in [-0.3, -0.25) is 9.78 Å². The van der Waals surface area contributed by atoms with Crippen LogP contribution in [0.15, 0.2) is 24.3 Å². The Morgan fingerprint density at radius 1 is 1.35 bits per heavy atom. The lowest BCUT2D eigenvalue weighted by Gasteiger charge is -2.22. The van der Waals surface area contributed by atoms with E-state index in [0.717, 1.165) is 12.1 Å². The quantitative estimate of drug-likeness (QED) is 0.641. The summed E-state index contributed by atoms with van der Waals surface area (Å²) >= 11 is 0. The van der Waals surface area contributed by atoms with E-state index in [1.165, 1.54) is 12.1 Å². The molecule has 1 heterocycles. The lowest BCUT2D eigenvalue weighted by Crippen LogP contribution is -2.39. The van der Waals surface area contributed by atoms with Crippen LogP contribution in [0.1, 0.15) is 16.1 Å². The fourth-order valence-corrected chi connectivity index (χ4v) is 2.21. The van der Waals surface area contributed by atoms with Gasteiger partial charge >= 0.3 is 6.18 Å². The van der Waals surface area contributed by atoms with Crippen LogP contribution < -0.4 is 0 Å². The van der Waals surface area contributed by atoms with Gasteiger partial charge in [-0.05, 0) is 25.1 Å². The highest BCUT2D eigenvalue weighted by atomic mass is 19.4. The molecular weight excluding hydrogens is 312 g/mol. The Labute approximate surface area is 129 Å². The first kappa shape index (κ1) is 16.7. The fraction of sp³-hybridized carbons (Fsp3) is 0.250. The number of hydrogen-bond donors (Lipinski definition) is 0. The van der Waals surface area contributed by atoms with Crippen molar-refractivity contribution < 1.29 is 22.4 Å². The highest BCUT2D eigenvalue weighted by molar-refractivity contribution is 6.06. The lowest BCUT2D eigenvalue weighted by molar-refractivity contribution is -0.139. The van der Waals surface area contributed by atoms with Crippen LogP contribution in [0.25, 0.3) is 10.9 Å². The minimum Gasteiger partial charge on any atom is -0.318 e. The first-order chi connectivity index (χ1) is 10.7. The molecule has 0 unspecified atom stereocenters. The van der Waals surface area contributed by atoms with Crippen LogP contribution >= 0.6 is 0 Å². The first-order valence-electron chi connectivity index (χ1n) is 6.57. The summed E-state index contributed by atoms with van der Waals surface area (Å²) in [7, 11) is 0. The summed E-state index contributed by atoms with van der Waals surface area (Å²) in [6, 6.07) is 4.91. The second-order valence-electron chi connectivity index (χ2n) is 4.95. The number of benzene rings is 1. The van der Waals surface area contributed by atoms with Gasteiger partial charge in [-0.25, -0.2) is 4.39 Å². The van der Waals surface area contributed by atoms with Gasteiger partial charge in [0.1, 0.15) is 12.4 Å². The van der Waals surface area contributed by atoms with Crippen molar-refractivity contribution in [2.45, 2.75) is 13.1 Å². The summed E-state index contributed by atoms with van der Waals surface area (Å²) in [5, 5.41) is 0.270. The zero-order valence-electron chi connectivity index (χ0n) is 12.1. The van der Waals surface area contributed by atoms with Crippen LogP contribution in [-0.2, 0) is 0 Å². The monoisotopic (exact) mass is 324 g/mol. The average Bonchev–Trinajstić information content (AvgIpc) is 2.43. The van der Waals surface area contributed by atoms with E-state index in [-0.39, 0.29) is 16.5 Å². The molecular formula is C16H12F4N2O. The summed E-state index contributed by atoms with van der Waals surface area (Å²) in [6.07, 6.45) is 0.480. The first-order valence-corrected chi connectivity index (χ1v) is 6.57. The van der Waals surface area contributed by atoms with Crippen molar-refractivity contribution in [2.75, 3.05) is 13.1 Å². The van der Waals surface area contributed by atoms with Gasteiger partial charge in [-0.2, -0.15) is 13.2 Å². The second kappa shape index (κ2) is 6.24. The number of terminal acetylenes is 1. The molecule has 3 nitrogen and oxygen atoms in total. The number of pyridine rings is 1. The van der Waals surface area contributed by atoms with Crippen molar-refractivity contribution in [2.24, 2.45) is 0 Å². The van der Waals surface area contributed by atoms with E-state index < -0.39 is 31.0 Å². The van der Waals surface area contributed by atoms with E-state index in [1.807, 2.05) is 5.92 Å². The number of rotatable bonds is 3. The summed E-state index contributed by atoms with van der Waals surface area (Å²) in [4.78, 5) is 17.1. The molecule has 0 saturated carbocycles. The molecule has 1 amide bonds. The highest BCUT2D eigenvalue weighted by Crippen LogP contribution is 2.23. The number of aromatic nitrogens is 1. The van der Waals surface area contributed by atoms with E-state index in [1.54, 1.807) is 6.92 Å². The lowest BCUT2D eigenvalue weighted by atomic mass is 10.1. The molecule has 0 aliphatic rings. The summed E-state index contributed by atoms with van der Waals surface area (Å²) < 4.78 is 51.2. The number of hydrogen-bond acceptors (Lipinski definition) is 2. The van der Waals surface area contributed by atoms with Crippen LogP contribution in [0.5, 0.6) is 0 Å². The third-order valence-electron chi connectivity index (χ3n) is 3.07. The molecule has 0 bridgehead atoms. The summed E-state index contributed by atoms with van der Waals surface area (Å²) in [5.74, 6) is 0.618. The van der Waals surface area contributed by atoms with E-state index in [9.17, 15) is 22.4 Å². The molecule has 2 aromatic rings. The molecule has 1 aromatic carbocycles. The van der Waals surface area contributed by atoms with E-state index in [4.69, 9.17) is 6.42 Å². The number of fused-ring (bicyclic) bond motifs is 1. The van der Waals surface area contributed by atoms with Gasteiger partial charge in [0.25, 0.3) is 5.91 Å². The molecule has 0 atom stereocenters. The van der Waals surface area contributed by atoms with Gasteiger partial charge in [0.15, 0.2) is 0 Å². The predicted molar refractivity (Wildman–Crippen MR) is 77.2 cm³/mol. The van der Waals surface area contributed by atoms with E-state index in [0.29, 0.717) is 10.6 Å². The molecule has 0 N–H and O–H groups in total. The number of carbonyl (C=O) groups excluding carboxylic acids is 1. The van der Waals surface area contributed by atoms with Crippen LogP contribution in [0.4, 0.5) is 17.6 Å². The Kier molecular flexibility index (Phi) is 4.55. The Morgan fingerprint density at radius 2 is 2.04 bits per heavy atom. The van der Waals surface area contributed by atoms with E-state index in [2.05, 4.69) is 4.98 Å². The van der Waals surface area contributed by atoms with Crippen molar-refractivity contribution in [3.63, 3.8) is 0 Å². The molecule has 120 valence electrons. The third-order valence-corrected chi connectivity index (χ3v) is 3.07. The van der Waals surface area contributed by atoms with Crippen molar-refractivity contribution in [3.8, 4) is 12.3 Å². The van der Waals surface area contributed by atoms with Crippen molar-refractivity contribution in [1.82, 2.24) is 9.88 Å². The Balaban J connectivity index is 2.52. The molecule has 0 aliphatic carbocycles. The van der Waals surface area contributed by atoms with Gasteiger partial charge in [-0.15, -0.1) is 6.42 Å². The molecule has 1 aromatic heterocycles. The van der Waals surface area contributed by atoms with Crippen LogP contribution in [0.2, 0.25) is 0 Å². The third kappa shape index (κ3) is 3.97. The summed E-state index contributed by atoms with van der Waals surface area (Å²) in [5.41, 5.74) is 0.590. The number of halogens is 4. The zero-order valence-corrected chi connectivity index (χ0v) is 12.1. The van der Waals surface area contributed by atoms with Gasteiger partial charge in [-0.1, -0.05) is 5.92 Å². The van der Waals surface area contributed by atoms with Gasteiger partial charge < -0.3 is 4.90 Å². The number of amides is 1. The Morgan fingerprint density at radius 3 is 2.65 bits per heavy atom. The van der Waals surface area contributed by atoms with Crippen molar-refractivity contribution in [3.05, 3.63) is 41.3 Å². The second-order valence-corrected chi connectivity index (χ2v) is 4.95. The molecule has 0 spiro atoms. The van der Waals surface area contributed by atoms with Crippen molar-refractivity contribution >= 4 is 16.8 Å². The molecule has 0 fully saturated rings. The van der Waals surface area contributed by atoms with E-state index >= 15 is 0 Å². The molecule has 0 saturated heterocycles. The Bertz CT molecular complexity index is 788. The minimum atomic E-state index is -4.57. The standard InChI is InChI=1S/C16H12F4N2O/c1-3-6-22(9-16(18,19)20)15(23)13-7-10(2)21-14-8-11(17)4-5-12(13)14/h1,4-5,7-8H,6,9H2,2H3. The summed E-state index contributed by atoms with van der Waals surface area (Å²) in [6.45, 7) is -0.376. The molecule has 23 heavy (non-hydrogen) atoms. The maximum Gasteiger partial charge on any atom is 0.406 e. The minimum absolute atomic E-state index is 0.00648. The van der Waals surface area contributed by atoms with Crippen LogP contribution in [-0.4, -0.2) is 35.1 Å². The number of nitrogens with zero attached hydrogens (tertiary/aromatic N) is 2. The number of carbonyl (C=O) groups is 1. The highest BCUT2D eigenvalue weighted by Gasteiger charge is 2.33. The number of aryl methyl sites for hydroxylation is 1. The maximum atomic E-state index is 13.3. The smallest absolute Gasteiger partial charge is 0.318 e. The largest absolute Gasteiger partial charge is 0.406 e. The van der Waals surface area contributed by atoms with Gasteiger partial charge in [0.2, 0.25) is 0 Å². The SMILES string of the molecule is C#CCN(CC(F)(F)F)C(=O)c1cc(C)nc2cc(F)ccc12. The van der Waals surface area contributed by atoms with Crippen molar-refractivity contribution in [1.29, 1.82) is 0 Å². The van der Waals surface area contributed by atoms with Gasteiger partial charge in [0, 0.05) is 17.1 Å². The topological polar surface area (TPSA) is 33.2 Å². The zero-order chi connectivity index (χ0) is 17.2. The molecule has 2 rings (SSSR count). The fourth-order valence-electron chi connectivity index (χ4n) is 2.21. The maximum absolute atomic E-state index is 13.3. The normalized spacial score (nSPS) is 11.3. The molecule has 0 aliphatic heterocycles. The molecule has 7 heteroatoms. The predicted octanol–water partition coefficient (Wildman–Crippen LogP) is 3.32.